The standard InChI is InChI=1S/C17H20N2O/c1-12-8-13(2)10-15(9-12)19-17(20)16(18)11-14-6-4-3-5-7-14/h3-10,16H,11,18H2,1-2H3,(H,19,20). The normalized spacial score (nSPS) is 11.9. The Kier molecular flexibility index (Phi) is 4.53. The summed E-state index contributed by atoms with van der Waals surface area (Å²) in [5, 5.41) is 2.88. The Bertz CT molecular complexity index is 573. The first kappa shape index (κ1) is 14.3. The van der Waals surface area contributed by atoms with Crippen molar-refractivity contribution in [2.75, 3.05) is 5.32 Å². The molecule has 0 saturated carbocycles. The number of anilines is 1. The van der Waals surface area contributed by atoms with Crippen molar-refractivity contribution in [1.82, 2.24) is 0 Å². The van der Waals surface area contributed by atoms with Crippen molar-refractivity contribution < 1.29 is 4.79 Å². The van der Waals surface area contributed by atoms with Crippen LogP contribution >= 0.6 is 0 Å². The Morgan fingerprint density at radius 2 is 1.70 bits per heavy atom. The molecular formula is C17H20N2O. The minimum absolute atomic E-state index is 0.154. The van der Waals surface area contributed by atoms with E-state index in [1.165, 1.54) is 0 Å². The van der Waals surface area contributed by atoms with Gasteiger partial charge in [0, 0.05) is 5.69 Å². The smallest absolute Gasteiger partial charge is 0.241 e. The predicted molar refractivity (Wildman–Crippen MR) is 82.7 cm³/mol. The van der Waals surface area contributed by atoms with E-state index in [2.05, 4.69) is 11.4 Å². The number of carbonyl (C=O) groups excluding carboxylic acids is 1. The number of benzene rings is 2. The summed E-state index contributed by atoms with van der Waals surface area (Å²) in [5.74, 6) is -0.154. The molecule has 1 unspecified atom stereocenters. The van der Waals surface area contributed by atoms with Crippen molar-refractivity contribution in [3.8, 4) is 0 Å². The second-order valence-electron chi connectivity index (χ2n) is 5.16. The number of carbonyl (C=O) groups is 1. The van der Waals surface area contributed by atoms with E-state index in [0.717, 1.165) is 22.4 Å². The molecule has 0 aliphatic heterocycles. The van der Waals surface area contributed by atoms with Crippen LogP contribution in [0.1, 0.15) is 16.7 Å². The van der Waals surface area contributed by atoms with E-state index >= 15 is 0 Å². The number of aryl methyl sites for hydroxylation is 2. The monoisotopic (exact) mass is 268 g/mol. The van der Waals surface area contributed by atoms with E-state index in [4.69, 9.17) is 5.73 Å². The van der Waals surface area contributed by atoms with Crippen LogP contribution in [0.25, 0.3) is 0 Å². The second-order valence-corrected chi connectivity index (χ2v) is 5.16. The number of nitrogens with one attached hydrogen (secondary N) is 1. The molecule has 0 aliphatic rings. The van der Waals surface area contributed by atoms with E-state index in [0.29, 0.717) is 6.42 Å². The van der Waals surface area contributed by atoms with Crippen LogP contribution in [0.3, 0.4) is 0 Å². The van der Waals surface area contributed by atoms with Gasteiger partial charge in [0.05, 0.1) is 6.04 Å². The zero-order chi connectivity index (χ0) is 14.5. The van der Waals surface area contributed by atoms with Gasteiger partial charge in [0.2, 0.25) is 5.91 Å². The maximum Gasteiger partial charge on any atom is 0.241 e. The van der Waals surface area contributed by atoms with Gasteiger partial charge >= 0.3 is 0 Å². The van der Waals surface area contributed by atoms with Crippen LogP contribution in [0.2, 0.25) is 0 Å². The van der Waals surface area contributed by atoms with E-state index in [9.17, 15) is 4.79 Å². The molecule has 3 nitrogen and oxygen atoms in total. The highest BCUT2D eigenvalue weighted by molar-refractivity contribution is 5.95. The summed E-state index contributed by atoms with van der Waals surface area (Å²) in [6.45, 7) is 4.01. The van der Waals surface area contributed by atoms with Gasteiger partial charge in [-0.25, -0.2) is 0 Å². The number of hydrogen-bond donors (Lipinski definition) is 2. The molecule has 20 heavy (non-hydrogen) atoms. The van der Waals surface area contributed by atoms with Crippen molar-refractivity contribution in [2.24, 2.45) is 5.73 Å². The summed E-state index contributed by atoms with van der Waals surface area (Å²) < 4.78 is 0. The molecule has 0 heterocycles. The Hall–Kier alpha value is -2.13. The molecule has 0 spiro atoms. The lowest BCUT2D eigenvalue weighted by atomic mass is 10.1. The van der Waals surface area contributed by atoms with Crippen molar-refractivity contribution in [2.45, 2.75) is 26.3 Å². The first-order valence-electron chi connectivity index (χ1n) is 6.73. The van der Waals surface area contributed by atoms with E-state index in [-0.39, 0.29) is 5.91 Å². The average molecular weight is 268 g/mol. The molecule has 3 heteroatoms. The SMILES string of the molecule is Cc1cc(C)cc(NC(=O)C(N)Cc2ccccc2)c1. The van der Waals surface area contributed by atoms with Crippen LogP contribution in [-0.4, -0.2) is 11.9 Å². The van der Waals surface area contributed by atoms with E-state index in [1.54, 1.807) is 0 Å². The molecule has 0 bridgehead atoms. The lowest BCUT2D eigenvalue weighted by Crippen LogP contribution is -2.37. The Labute approximate surface area is 119 Å². The Morgan fingerprint density at radius 3 is 2.30 bits per heavy atom. The zero-order valence-corrected chi connectivity index (χ0v) is 11.9. The van der Waals surface area contributed by atoms with Crippen molar-refractivity contribution >= 4 is 11.6 Å². The molecule has 0 saturated heterocycles. The largest absolute Gasteiger partial charge is 0.325 e. The molecule has 3 N–H and O–H groups in total. The van der Waals surface area contributed by atoms with Crippen LogP contribution in [0.4, 0.5) is 5.69 Å². The van der Waals surface area contributed by atoms with Crippen LogP contribution in [0.5, 0.6) is 0 Å². The fourth-order valence-electron chi connectivity index (χ4n) is 2.24. The highest BCUT2D eigenvalue weighted by atomic mass is 16.2. The first-order chi connectivity index (χ1) is 9.54. The average Bonchev–Trinajstić information content (AvgIpc) is 2.38. The van der Waals surface area contributed by atoms with Gasteiger partial charge in [-0.1, -0.05) is 36.4 Å². The molecule has 1 amide bonds. The molecule has 0 aromatic heterocycles. The van der Waals surface area contributed by atoms with Crippen LogP contribution in [-0.2, 0) is 11.2 Å². The molecule has 2 aromatic rings. The molecule has 1 atom stereocenters. The molecule has 2 rings (SSSR count). The summed E-state index contributed by atoms with van der Waals surface area (Å²) in [4.78, 5) is 12.1. The zero-order valence-electron chi connectivity index (χ0n) is 11.9. The molecular weight excluding hydrogens is 248 g/mol. The molecule has 0 radical (unpaired) electrons. The van der Waals surface area contributed by atoms with Gasteiger partial charge in [-0.05, 0) is 49.1 Å². The summed E-state index contributed by atoms with van der Waals surface area (Å²) in [7, 11) is 0. The molecule has 0 fully saturated rings. The van der Waals surface area contributed by atoms with Gasteiger partial charge in [0.15, 0.2) is 0 Å². The lowest BCUT2D eigenvalue weighted by Gasteiger charge is -2.13. The number of nitrogens with two attached hydrogens (primary N) is 1. The van der Waals surface area contributed by atoms with Crippen molar-refractivity contribution in [3.05, 3.63) is 65.2 Å². The lowest BCUT2D eigenvalue weighted by molar-refractivity contribution is -0.117. The third-order valence-corrected chi connectivity index (χ3v) is 3.12. The van der Waals surface area contributed by atoms with Gasteiger partial charge in [-0.15, -0.1) is 0 Å². The third-order valence-electron chi connectivity index (χ3n) is 3.12. The predicted octanol–water partition coefficient (Wildman–Crippen LogP) is 2.81. The van der Waals surface area contributed by atoms with Gasteiger partial charge in [0.1, 0.15) is 0 Å². The minimum Gasteiger partial charge on any atom is -0.325 e. The van der Waals surface area contributed by atoms with Crippen LogP contribution in [0.15, 0.2) is 48.5 Å². The molecule has 0 aliphatic carbocycles. The molecule has 104 valence electrons. The van der Waals surface area contributed by atoms with Gasteiger partial charge in [-0.2, -0.15) is 0 Å². The summed E-state index contributed by atoms with van der Waals surface area (Å²) in [5.41, 5.74) is 10.1. The summed E-state index contributed by atoms with van der Waals surface area (Å²) >= 11 is 0. The van der Waals surface area contributed by atoms with Crippen molar-refractivity contribution in [1.29, 1.82) is 0 Å². The molecule has 2 aromatic carbocycles. The Balaban J connectivity index is 2.00. The van der Waals surface area contributed by atoms with Gasteiger partial charge in [-0.3, -0.25) is 4.79 Å². The number of amides is 1. The maximum atomic E-state index is 12.1. The number of rotatable bonds is 4. The fourth-order valence-corrected chi connectivity index (χ4v) is 2.24. The minimum atomic E-state index is -0.543. The first-order valence-corrected chi connectivity index (χ1v) is 6.73. The highest BCUT2D eigenvalue weighted by Crippen LogP contribution is 2.14. The topological polar surface area (TPSA) is 55.1 Å². The van der Waals surface area contributed by atoms with E-state index < -0.39 is 6.04 Å². The summed E-state index contributed by atoms with van der Waals surface area (Å²) in [6, 6.07) is 15.2. The maximum absolute atomic E-state index is 12.1. The summed E-state index contributed by atoms with van der Waals surface area (Å²) in [6.07, 6.45) is 0.539. The highest BCUT2D eigenvalue weighted by Gasteiger charge is 2.14. The van der Waals surface area contributed by atoms with Crippen molar-refractivity contribution in [3.63, 3.8) is 0 Å². The Morgan fingerprint density at radius 1 is 1.10 bits per heavy atom. The second kappa shape index (κ2) is 6.35. The number of hydrogen-bond acceptors (Lipinski definition) is 2. The van der Waals surface area contributed by atoms with E-state index in [1.807, 2.05) is 56.3 Å². The quantitative estimate of drug-likeness (QED) is 0.896. The van der Waals surface area contributed by atoms with Gasteiger partial charge in [0.25, 0.3) is 0 Å². The fraction of sp³-hybridized carbons (Fsp3) is 0.235. The van der Waals surface area contributed by atoms with Gasteiger partial charge < -0.3 is 11.1 Å². The third kappa shape index (κ3) is 3.93. The van der Waals surface area contributed by atoms with Crippen LogP contribution < -0.4 is 11.1 Å². The van der Waals surface area contributed by atoms with Crippen LogP contribution in [0, 0.1) is 13.8 Å².